The van der Waals surface area contributed by atoms with E-state index >= 15 is 0 Å². The number of rotatable bonds is 11. The molecule has 0 bridgehead atoms. The Bertz CT molecular complexity index is 1160. The van der Waals surface area contributed by atoms with E-state index in [9.17, 15) is 9.67 Å². The predicted octanol–water partition coefficient (Wildman–Crippen LogP) is 6.40. The third-order valence-electron chi connectivity index (χ3n) is 5.47. The van der Waals surface area contributed by atoms with Crippen LogP contribution < -0.4 is 5.73 Å². The molecular formula is C25H29ClNO5PS. The third kappa shape index (κ3) is 7.85. The summed E-state index contributed by atoms with van der Waals surface area (Å²) in [6.45, 7) is 1.74. The van der Waals surface area contributed by atoms with Gasteiger partial charge in [-0.1, -0.05) is 73.1 Å². The molecule has 0 aromatic heterocycles. The van der Waals surface area contributed by atoms with E-state index < -0.39 is 13.4 Å². The van der Waals surface area contributed by atoms with Gasteiger partial charge >= 0.3 is 7.82 Å². The van der Waals surface area contributed by atoms with Gasteiger partial charge in [-0.05, 0) is 60.7 Å². The molecule has 0 amide bonds. The first-order valence-electron chi connectivity index (χ1n) is 10.9. The number of phenols is 1. The van der Waals surface area contributed by atoms with E-state index in [4.69, 9.17) is 27.1 Å². The van der Waals surface area contributed by atoms with Crippen LogP contribution in [0, 0.1) is 0 Å². The summed E-state index contributed by atoms with van der Waals surface area (Å²) in [6, 6.07) is 21.0. The minimum absolute atomic E-state index is 0.221. The molecule has 0 aliphatic rings. The maximum atomic E-state index is 11.1. The number of hydrogen-bond acceptors (Lipinski definition) is 5. The average molecular weight is 522 g/mol. The molecule has 1 unspecified atom stereocenters. The lowest BCUT2D eigenvalue weighted by Crippen LogP contribution is -2.44. The van der Waals surface area contributed by atoms with Gasteiger partial charge in [-0.2, -0.15) is 0 Å². The number of halogens is 1. The van der Waals surface area contributed by atoms with E-state index in [0.29, 0.717) is 24.3 Å². The van der Waals surface area contributed by atoms with Crippen LogP contribution in [0.3, 0.4) is 0 Å². The van der Waals surface area contributed by atoms with Crippen LogP contribution in [-0.4, -0.2) is 27.0 Å². The normalized spacial score (nSPS) is 13.6. The van der Waals surface area contributed by atoms with Crippen LogP contribution in [0.4, 0.5) is 0 Å². The molecule has 3 aromatic rings. The second-order valence-electron chi connectivity index (χ2n) is 8.28. The maximum absolute atomic E-state index is 11.1. The number of aryl methyl sites for hydroxylation is 1. The highest BCUT2D eigenvalue weighted by molar-refractivity contribution is 7.99. The number of phenolic OH excluding ortho intramolecular Hbond substituents is 1. The number of nitrogens with two attached hydrogens (primary N) is 1. The Morgan fingerprint density at radius 2 is 1.71 bits per heavy atom. The lowest BCUT2D eigenvalue weighted by molar-refractivity contribution is 0.141. The molecule has 182 valence electrons. The molecule has 3 rings (SSSR count). The third-order valence-corrected chi connectivity index (χ3v) is 7.27. The van der Waals surface area contributed by atoms with Crippen molar-refractivity contribution in [3.8, 4) is 16.9 Å². The first-order chi connectivity index (χ1) is 16.1. The molecule has 1 atom stereocenters. The first-order valence-corrected chi connectivity index (χ1v) is 13.6. The first kappa shape index (κ1) is 26.8. The van der Waals surface area contributed by atoms with E-state index in [2.05, 4.69) is 4.52 Å². The Hall–Kier alpha value is -1.83. The monoisotopic (exact) mass is 521 g/mol. The van der Waals surface area contributed by atoms with Gasteiger partial charge in [0, 0.05) is 25.9 Å². The fourth-order valence-corrected chi connectivity index (χ4v) is 5.38. The van der Waals surface area contributed by atoms with Gasteiger partial charge in [0.1, 0.15) is 5.75 Å². The van der Waals surface area contributed by atoms with Crippen molar-refractivity contribution >= 4 is 31.2 Å². The van der Waals surface area contributed by atoms with Crippen molar-refractivity contribution in [1.29, 1.82) is 0 Å². The van der Waals surface area contributed by atoms with Gasteiger partial charge in [-0.25, -0.2) is 4.57 Å². The molecule has 0 heterocycles. The quantitative estimate of drug-likeness (QED) is 0.216. The number of phosphoric acid groups is 1. The lowest BCUT2D eigenvalue weighted by Gasteiger charge is -2.29. The van der Waals surface area contributed by atoms with Crippen LogP contribution in [0.2, 0.25) is 5.02 Å². The maximum Gasteiger partial charge on any atom is 0.469 e. The SMILES string of the molecule is CCCC(N)(CCc1ccc(Sc2ccc(O)c(-c3ccccc3)c2)cc1Cl)COP(=O)(O)O. The summed E-state index contributed by atoms with van der Waals surface area (Å²) in [5, 5.41) is 10.9. The molecule has 34 heavy (non-hydrogen) atoms. The minimum atomic E-state index is -4.58. The van der Waals surface area contributed by atoms with Gasteiger partial charge in [-0.15, -0.1) is 0 Å². The molecule has 0 aliphatic heterocycles. The Balaban J connectivity index is 1.70. The summed E-state index contributed by atoms with van der Waals surface area (Å²) in [6.07, 6.45) is 2.37. The molecule has 6 nitrogen and oxygen atoms in total. The fourth-order valence-electron chi connectivity index (χ4n) is 3.72. The van der Waals surface area contributed by atoms with Gasteiger partial charge in [0.2, 0.25) is 0 Å². The molecule has 0 fully saturated rings. The van der Waals surface area contributed by atoms with Gasteiger partial charge in [0.15, 0.2) is 0 Å². The fraction of sp³-hybridized carbons (Fsp3) is 0.280. The predicted molar refractivity (Wildman–Crippen MR) is 137 cm³/mol. The molecule has 9 heteroatoms. The summed E-state index contributed by atoms with van der Waals surface area (Å²) in [4.78, 5) is 20.0. The number of phosphoric ester groups is 1. The Labute approximate surface area is 209 Å². The highest BCUT2D eigenvalue weighted by Gasteiger charge is 2.28. The Morgan fingerprint density at radius 1 is 1.03 bits per heavy atom. The molecule has 0 radical (unpaired) electrons. The summed E-state index contributed by atoms with van der Waals surface area (Å²) in [5.74, 6) is 0.226. The number of hydrogen-bond donors (Lipinski definition) is 4. The molecule has 5 N–H and O–H groups in total. The number of aromatic hydroxyl groups is 1. The van der Waals surface area contributed by atoms with E-state index in [1.54, 1.807) is 17.8 Å². The van der Waals surface area contributed by atoms with E-state index in [1.165, 1.54) is 0 Å². The Morgan fingerprint density at radius 3 is 2.35 bits per heavy atom. The van der Waals surface area contributed by atoms with Crippen LogP contribution in [-0.2, 0) is 15.5 Å². The summed E-state index contributed by atoms with van der Waals surface area (Å²) in [7, 11) is -4.58. The summed E-state index contributed by atoms with van der Waals surface area (Å²) < 4.78 is 15.8. The summed E-state index contributed by atoms with van der Waals surface area (Å²) in [5.41, 5.74) is 8.14. The minimum Gasteiger partial charge on any atom is -0.507 e. The van der Waals surface area contributed by atoms with Crippen LogP contribution in [0.15, 0.2) is 76.5 Å². The van der Waals surface area contributed by atoms with Gasteiger partial charge in [0.05, 0.1) is 6.61 Å². The van der Waals surface area contributed by atoms with Crippen molar-refractivity contribution in [3.05, 3.63) is 77.3 Å². The zero-order valence-corrected chi connectivity index (χ0v) is 21.3. The van der Waals surface area contributed by atoms with Crippen molar-refractivity contribution in [2.45, 2.75) is 47.9 Å². The topological polar surface area (TPSA) is 113 Å². The summed E-state index contributed by atoms with van der Waals surface area (Å²) >= 11 is 8.10. The van der Waals surface area contributed by atoms with Crippen LogP contribution in [0.1, 0.15) is 31.7 Å². The van der Waals surface area contributed by atoms with Crippen molar-refractivity contribution in [1.82, 2.24) is 0 Å². The van der Waals surface area contributed by atoms with Crippen molar-refractivity contribution in [2.24, 2.45) is 5.73 Å². The Kier molecular flexibility index (Phi) is 9.24. The number of benzene rings is 3. The molecule has 3 aromatic carbocycles. The second-order valence-corrected chi connectivity index (χ2v) is 11.1. The zero-order valence-electron chi connectivity index (χ0n) is 18.9. The van der Waals surface area contributed by atoms with Crippen molar-refractivity contribution in [3.63, 3.8) is 0 Å². The van der Waals surface area contributed by atoms with E-state index in [0.717, 1.165) is 32.9 Å². The van der Waals surface area contributed by atoms with Crippen molar-refractivity contribution in [2.75, 3.05) is 6.61 Å². The zero-order chi connectivity index (χ0) is 24.8. The van der Waals surface area contributed by atoms with Crippen LogP contribution >= 0.6 is 31.2 Å². The molecule has 0 saturated heterocycles. The highest BCUT2D eigenvalue weighted by atomic mass is 35.5. The van der Waals surface area contributed by atoms with Gasteiger partial charge in [-0.3, -0.25) is 4.52 Å². The van der Waals surface area contributed by atoms with E-state index in [1.807, 2.05) is 67.6 Å². The van der Waals surface area contributed by atoms with Gasteiger partial charge in [0.25, 0.3) is 0 Å². The largest absolute Gasteiger partial charge is 0.507 e. The molecule has 0 spiro atoms. The van der Waals surface area contributed by atoms with Gasteiger partial charge < -0.3 is 20.6 Å². The lowest BCUT2D eigenvalue weighted by atomic mass is 9.89. The van der Waals surface area contributed by atoms with Crippen molar-refractivity contribution < 1.29 is 24.0 Å². The molecule has 0 aliphatic carbocycles. The molecule has 0 saturated carbocycles. The molecular weight excluding hydrogens is 493 g/mol. The second kappa shape index (κ2) is 11.7. The van der Waals surface area contributed by atoms with Crippen LogP contribution in [0.25, 0.3) is 11.1 Å². The average Bonchev–Trinajstić information content (AvgIpc) is 2.79. The van der Waals surface area contributed by atoms with E-state index in [-0.39, 0.29) is 12.4 Å². The smallest absolute Gasteiger partial charge is 0.469 e. The highest BCUT2D eigenvalue weighted by Crippen LogP contribution is 2.39. The van der Waals surface area contributed by atoms with Crippen LogP contribution in [0.5, 0.6) is 5.75 Å². The standard InChI is InChI=1S/C25H29ClNO5PS/c1-2-13-25(27,17-32-33(29,30)31)14-12-19-8-9-21(16-23(19)26)34-20-10-11-24(28)22(15-20)18-6-4-3-5-7-18/h3-11,15-16,28H,2,12-14,17,27H2,1H3,(H2,29,30,31).